The molecule has 0 N–H and O–H groups in total. The van der Waals surface area contributed by atoms with Gasteiger partial charge in [0.1, 0.15) is 5.60 Å². The summed E-state index contributed by atoms with van der Waals surface area (Å²) in [5.74, 6) is -2.15. The normalized spacial score (nSPS) is 37.5. The lowest BCUT2D eigenvalue weighted by molar-refractivity contribution is -0.328. The molecule has 122 valence electrons. The molecule has 22 heavy (non-hydrogen) atoms. The minimum absolute atomic E-state index is 0.106. The van der Waals surface area contributed by atoms with E-state index < -0.39 is 23.3 Å². The van der Waals surface area contributed by atoms with Gasteiger partial charge in [0, 0.05) is 32.6 Å². The van der Waals surface area contributed by atoms with E-state index in [1.807, 2.05) is 0 Å². The molecule has 0 radical (unpaired) electrons. The molecule has 4 saturated carbocycles. The lowest BCUT2D eigenvalue weighted by Crippen LogP contribution is -2.67. The Bertz CT molecular complexity index is 491. The molecule has 0 aromatic rings. The highest BCUT2D eigenvalue weighted by atomic mass is 16.7. The van der Waals surface area contributed by atoms with Crippen molar-refractivity contribution in [2.24, 2.45) is 17.8 Å². The van der Waals surface area contributed by atoms with Crippen molar-refractivity contribution in [2.75, 3.05) is 0 Å². The van der Waals surface area contributed by atoms with Crippen LogP contribution in [0.4, 0.5) is 0 Å². The number of carbonyl (C=O) groups is 3. The quantitative estimate of drug-likeness (QED) is 0.585. The Morgan fingerprint density at radius 2 is 1.23 bits per heavy atom. The van der Waals surface area contributed by atoms with Crippen molar-refractivity contribution in [3.63, 3.8) is 0 Å². The van der Waals surface area contributed by atoms with E-state index in [-0.39, 0.29) is 17.8 Å². The smallest absolute Gasteiger partial charge is 0.305 e. The molecule has 0 heterocycles. The van der Waals surface area contributed by atoms with Crippen molar-refractivity contribution in [1.82, 2.24) is 0 Å². The van der Waals surface area contributed by atoms with Gasteiger partial charge in [-0.05, 0) is 38.0 Å². The number of hydrogen-bond donors (Lipinski definition) is 0. The van der Waals surface area contributed by atoms with E-state index in [4.69, 9.17) is 14.2 Å². The van der Waals surface area contributed by atoms with Crippen molar-refractivity contribution in [3.8, 4) is 0 Å². The lowest BCUT2D eigenvalue weighted by atomic mass is 9.51. The van der Waals surface area contributed by atoms with Gasteiger partial charge in [0.05, 0.1) is 0 Å². The van der Waals surface area contributed by atoms with Crippen LogP contribution in [0.5, 0.6) is 0 Å². The Kier molecular flexibility index (Phi) is 3.45. The number of ether oxygens (including phenoxy) is 3. The lowest BCUT2D eigenvalue weighted by Gasteiger charge is -2.61. The summed E-state index contributed by atoms with van der Waals surface area (Å²) >= 11 is 0. The van der Waals surface area contributed by atoms with E-state index in [9.17, 15) is 14.4 Å². The van der Waals surface area contributed by atoms with Gasteiger partial charge in [-0.1, -0.05) is 0 Å². The maximum absolute atomic E-state index is 11.6. The molecule has 4 rings (SSSR count). The molecule has 0 saturated heterocycles. The van der Waals surface area contributed by atoms with Crippen LogP contribution in [0, 0.1) is 17.8 Å². The van der Waals surface area contributed by atoms with Crippen molar-refractivity contribution in [3.05, 3.63) is 0 Å². The Labute approximate surface area is 129 Å². The first kappa shape index (κ1) is 15.3. The van der Waals surface area contributed by atoms with E-state index in [2.05, 4.69) is 0 Å². The van der Waals surface area contributed by atoms with Gasteiger partial charge < -0.3 is 14.2 Å². The predicted octanol–water partition coefficient (Wildman–Crippen LogP) is 1.95. The fourth-order valence-electron chi connectivity index (χ4n) is 5.09. The van der Waals surface area contributed by atoms with E-state index >= 15 is 0 Å². The maximum Gasteiger partial charge on any atom is 0.305 e. The third-order valence-electron chi connectivity index (χ3n) is 5.24. The van der Waals surface area contributed by atoms with Gasteiger partial charge in [-0.2, -0.15) is 0 Å². The van der Waals surface area contributed by atoms with Gasteiger partial charge >= 0.3 is 17.9 Å². The van der Waals surface area contributed by atoms with Gasteiger partial charge in [0.15, 0.2) is 0 Å². The SMILES string of the molecule is CC(=O)OC12CC3C[C@H](C1)C(OC(C)=O)(OC(C)=O)[C@@H](C3)C2. The zero-order valence-corrected chi connectivity index (χ0v) is 13.2. The number of rotatable bonds is 3. The third kappa shape index (κ3) is 2.38. The number of esters is 3. The molecule has 4 bridgehead atoms. The predicted molar refractivity (Wildman–Crippen MR) is 74.3 cm³/mol. The Morgan fingerprint density at radius 3 is 1.64 bits per heavy atom. The molecule has 4 atom stereocenters. The highest BCUT2D eigenvalue weighted by Gasteiger charge is 2.67. The van der Waals surface area contributed by atoms with E-state index in [0.29, 0.717) is 18.8 Å². The molecule has 0 spiro atoms. The first-order valence-corrected chi connectivity index (χ1v) is 7.83. The van der Waals surface area contributed by atoms with Gasteiger partial charge in [0.25, 0.3) is 5.79 Å². The first-order chi connectivity index (χ1) is 10.2. The largest absolute Gasteiger partial charge is 0.459 e. The van der Waals surface area contributed by atoms with E-state index in [0.717, 1.165) is 19.3 Å². The Balaban J connectivity index is 1.93. The molecule has 0 aliphatic heterocycles. The van der Waals surface area contributed by atoms with Crippen LogP contribution >= 0.6 is 0 Å². The Morgan fingerprint density at radius 1 is 0.773 bits per heavy atom. The standard InChI is InChI=1S/C16H22O6/c1-9(17)20-15-6-12-4-13(7-15)16(21-10(2)18,22-11(3)19)14(5-12)8-15/h12-14H,4-8H2,1-3H3/t12?,13-,14+,15?. The summed E-state index contributed by atoms with van der Waals surface area (Å²) in [6.07, 6.45) is 3.69. The molecule has 0 aromatic carbocycles. The number of carbonyl (C=O) groups excluding carboxylic acids is 3. The van der Waals surface area contributed by atoms with Gasteiger partial charge in [-0.25, -0.2) is 0 Å². The minimum atomic E-state index is -1.18. The van der Waals surface area contributed by atoms with Crippen molar-refractivity contribution < 1.29 is 28.6 Å². The second kappa shape index (κ2) is 4.96. The summed E-state index contributed by atoms with van der Waals surface area (Å²) in [4.78, 5) is 34.6. The molecule has 6 heteroatoms. The zero-order valence-electron chi connectivity index (χ0n) is 13.2. The van der Waals surface area contributed by atoms with Crippen LogP contribution in [0.3, 0.4) is 0 Å². The average Bonchev–Trinajstić information content (AvgIpc) is 2.31. The molecular weight excluding hydrogens is 288 g/mol. The highest BCUT2D eigenvalue weighted by Crippen LogP contribution is 2.62. The molecule has 6 nitrogen and oxygen atoms in total. The molecule has 0 amide bonds. The summed E-state index contributed by atoms with van der Waals surface area (Å²) in [6, 6.07) is 0. The van der Waals surface area contributed by atoms with Crippen molar-refractivity contribution in [1.29, 1.82) is 0 Å². The van der Waals surface area contributed by atoms with Gasteiger partial charge in [-0.3, -0.25) is 14.4 Å². The summed E-state index contributed by atoms with van der Waals surface area (Å²) < 4.78 is 16.7. The summed E-state index contributed by atoms with van der Waals surface area (Å²) in [5.41, 5.74) is -0.480. The molecule has 4 aliphatic rings. The van der Waals surface area contributed by atoms with Crippen LogP contribution in [0.15, 0.2) is 0 Å². The molecule has 4 fully saturated rings. The first-order valence-electron chi connectivity index (χ1n) is 7.83. The summed E-state index contributed by atoms with van der Waals surface area (Å²) in [7, 11) is 0. The van der Waals surface area contributed by atoms with Crippen LogP contribution in [0.1, 0.15) is 52.9 Å². The molecular formula is C16H22O6. The third-order valence-corrected chi connectivity index (χ3v) is 5.24. The molecule has 0 aromatic heterocycles. The van der Waals surface area contributed by atoms with E-state index in [1.54, 1.807) is 0 Å². The monoisotopic (exact) mass is 310 g/mol. The van der Waals surface area contributed by atoms with Crippen LogP contribution in [0.2, 0.25) is 0 Å². The number of hydrogen-bond acceptors (Lipinski definition) is 6. The Hall–Kier alpha value is -1.59. The fourth-order valence-corrected chi connectivity index (χ4v) is 5.09. The van der Waals surface area contributed by atoms with E-state index in [1.165, 1.54) is 20.8 Å². The van der Waals surface area contributed by atoms with Crippen LogP contribution in [-0.2, 0) is 28.6 Å². The zero-order chi connectivity index (χ0) is 16.1. The maximum atomic E-state index is 11.6. The van der Waals surface area contributed by atoms with Crippen LogP contribution in [-0.4, -0.2) is 29.3 Å². The molecule has 4 aliphatic carbocycles. The van der Waals surface area contributed by atoms with Gasteiger partial charge in [-0.15, -0.1) is 0 Å². The summed E-state index contributed by atoms with van der Waals surface area (Å²) in [6.45, 7) is 4.08. The van der Waals surface area contributed by atoms with Crippen molar-refractivity contribution in [2.45, 2.75) is 64.3 Å². The molecule has 2 unspecified atom stereocenters. The fraction of sp³-hybridized carbons (Fsp3) is 0.812. The van der Waals surface area contributed by atoms with Crippen molar-refractivity contribution >= 4 is 17.9 Å². The highest BCUT2D eigenvalue weighted by molar-refractivity contribution is 5.69. The average molecular weight is 310 g/mol. The van der Waals surface area contributed by atoms with Gasteiger partial charge in [0.2, 0.25) is 0 Å². The second-order valence-corrected chi connectivity index (χ2v) is 7.03. The second-order valence-electron chi connectivity index (χ2n) is 7.03. The summed E-state index contributed by atoms with van der Waals surface area (Å²) in [5, 5.41) is 0. The minimum Gasteiger partial charge on any atom is -0.459 e. The van der Waals surface area contributed by atoms with Crippen LogP contribution in [0.25, 0.3) is 0 Å². The topological polar surface area (TPSA) is 78.9 Å². The van der Waals surface area contributed by atoms with Crippen LogP contribution < -0.4 is 0 Å².